The van der Waals surface area contributed by atoms with Crippen LogP contribution in [0.5, 0.6) is 0 Å². The van der Waals surface area contributed by atoms with Gasteiger partial charge < -0.3 is 10.6 Å². The maximum atomic E-state index is 13.0. The maximum absolute atomic E-state index is 13.0. The summed E-state index contributed by atoms with van der Waals surface area (Å²) in [6.07, 6.45) is -4.62. The summed E-state index contributed by atoms with van der Waals surface area (Å²) in [5, 5.41) is 5.70. The van der Waals surface area contributed by atoms with E-state index in [-0.39, 0.29) is 11.4 Å². The van der Waals surface area contributed by atoms with Gasteiger partial charge in [-0.15, -0.1) is 0 Å². The minimum atomic E-state index is -4.62. The van der Waals surface area contributed by atoms with Crippen molar-refractivity contribution >= 4 is 67.5 Å². The van der Waals surface area contributed by atoms with Crippen LogP contribution in [0.4, 0.5) is 24.5 Å². The third-order valence-electron chi connectivity index (χ3n) is 4.97. The number of aromatic nitrogens is 1. The summed E-state index contributed by atoms with van der Waals surface area (Å²) in [7, 11) is 0. The lowest BCUT2D eigenvalue weighted by Gasteiger charge is -2.13. The van der Waals surface area contributed by atoms with Gasteiger partial charge in [-0.3, -0.25) is 19.8 Å². The number of halogens is 5. The molecule has 7 nitrogen and oxygen atoms in total. The lowest BCUT2D eigenvalue weighted by Crippen LogP contribution is -2.36. The largest absolute Gasteiger partial charge is 0.416 e. The van der Waals surface area contributed by atoms with Crippen LogP contribution < -0.4 is 16.1 Å². The Balaban J connectivity index is 1.60. The highest BCUT2D eigenvalue weighted by molar-refractivity contribution is 9.10. The minimum Gasteiger partial charge on any atom is -0.321 e. The summed E-state index contributed by atoms with van der Waals surface area (Å²) in [4.78, 5) is 38.1. The Labute approximate surface area is 215 Å². The second kappa shape index (κ2) is 10.0. The predicted molar refractivity (Wildman–Crippen MR) is 133 cm³/mol. The van der Waals surface area contributed by atoms with E-state index >= 15 is 0 Å². The molecule has 3 aromatic carbocycles. The molecule has 4 aromatic rings. The van der Waals surface area contributed by atoms with Gasteiger partial charge in [0.1, 0.15) is 5.69 Å². The number of fused-ring (bicyclic) bond motifs is 1. The average Bonchev–Trinajstić information content (AvgIpc) is 3.17. The van der Waals surface area contributed by atoms with Gasteiger partial charge in [0.25, 0.3) is 5.91 Å². The fourth-order valence-corrected chi connectivity index (χ4v) is 3.76. The Morgan fingerprint density at radius 2 is 1.56 bits per heavy atom. The van der Waals surface area contributed by atoms with Crippen molar-refractivity contribution in [3.05, 3.63) is 93.5 Å². The van der Waals surface area contributed by atoms with E-state index in [1.165, 1.54) is 18.2 Å². The van der Waals surface area contributed by atoms with Crippen molar-refractivity contribution in [1.29, 1.82) is 0 Å². The number of hydrogen-bond donors (Lipinski definition) is 3. The maximum Gasteiger partial charge on any atom is 0.416 e. The van der Waals surface area contributed by atoms with Crippen LogP contribution in [0.15, 0.2) is 77.3 Å². The Kier molecular flexibility index (Phi) is 7.04. The first kappa shape index (κ1) is 25.3. The lowest BCUT2D eigenvalue weighted by molar-refractivity contribution is -0.137. The van der Waals surface area contributed by atoms with Crippen LogP contribution in [0.2, 0.25) is 5.02 Å². The standard InChI is InChI=1S/C24H15BrClF3N4O3/c25-15-4-7-17(8-5-15)30-21(34)20-11-13-10-16(26)6-9-19(13)33(20)32-23(36)22(35)31-18-3-1-2-14(12-18)24(27,28)29/h1-12H,(H,30,34)(H,31,35)(H,32,36). The van der Waals surface area contributed by atoms with Crippen molar-refractivity contribution in [2.45, 2.75) is 6.18 Å². The molecule has 0 saturated heterocycles. The Hall–Kier alpha value is -3.83. The number of benzene rings is 3. The van der Waals surface area contributed by atoms with Crippen molar-refractivity contribution in [2.75, 3.05) is 16.1 Å². The number of carbonyl (C=O) groups excluding carboxylic acids is 3. The van der Waals surface area contributed by atoms with E-state index in [2.05, 4.69) is 32.0 Å². The van der Waals surface area contributed by atoms with Crippen molar-refractivity contribution < 1.29 is 27.6 Å². The van der Waals surface area contributed by atoms with Crippen molar-refractivity contribution in [3.8, 4) is 0 Å². The molecule has 3 N–H and O–H groups in total. The number of nitrogens with zero attached hydrogens (tertiary/aromatic N) is 1. The molecule has 1 aromatic heterocycles. The first-order valence-corrected chi connectivity index (χ1v) is 11.4. The van der Waals surface area contributed by atoms with E-state index in [9.17, 15) is 27.6 Å². The van der Waals surface area contributed by atoms with Crippen LogP contribution >= 0.6 is 27.5 Å². The molecule has 0 aliphatic rings. The highest BCUT2D eigenvalue weighted by Crippen LogP contribution is 2.30. The summed E-state index contributed by atoms with van der Waals surface area (Å²) in [6, 6.07) is 16.7. The van der Waals surface area contributed by atoms with Gasteiger partial charge in [0.15, 0.2) is 0 Å². The molecule has 0 radical (unpaired) electrons. The van der Waals surface area contributed by atoms with Crippen molar-refractivity contribution in [3.63, 3.8) is 0 Å². The van der Waals surface area contributed by atoms with E-state index in [1.807, 2.05) is 0 Å². The molecule has 36 heavy (non-hydrogen) atoms. The smallest absolute Gasteiger partial charge is 0.321 e. The fourth-order valence-electron chi connectivity index (χ4n) is 3.32. The second-order valence-electron chi connectivity index (χ2n) is 7.50. The molecular weight excluding hydrogens is 565 g/mol. The number of rotatable bonds is 4. The molecule has 0 unspecified atom stereocenters. The molecule has 0 saturated carbocycles. The van der Waals surface area contributed by atoms with Gasteiger partial charge >= 0.3 is 18.0 Å². The van der Waals surface area contributed by atoms with Crippen molar-refractivity contribution in [1.82, 2.24) is 4.68 Å². The summed E-state index contributed by atoms with van der Waals surface area (Å²) in [6.45, 7) is 0. The second-order valence-corrected chi connectivity index (χ2v) is 8.85. The van der Waals surface area contributed by atoms with Crippen LogP contribution in [-0.2, 0) is 15.8 Å². The number of anilines is 2. The molecule has 3 amide bonds. The van der Waals surface area contributed by atoms with Crippen LogP contribution in [-0.4, -0.2) is 22.4 Å². The monoisotopic (exact) mass is 578 g/mol. The molecule has 1 heterocycles. The SMILES string of the molecule is O=C(Nc1cccc(C(F)(F)F)c1)C(=O)Nn1c(C(=O)Nc2ccc(Br)cc2)cc2cc(Cl)ccc21. The zero-order valence-corrected chi connectivity index (χ0v) is 20.3. The fraction of sp³-hybridized carbons (Fsp3) is 0.0417. The zero-order chi connectivity index (χ0) is 26.0. The molecule has 0 spiro atoms. The number of hydrogen-bond acceptors (Lipinski definition) is 3. The molecular formula is C24H15BrClF3N4O3. The third-order valence-corrected chi connectivity index (χ3v) is 5.73. The van der Waals surface area contributed by atoms with Gasteiger partial charge in [-0.1, -0.05) is 33.6 Å². The van der Waals surface area contributed by atoms with Gasteiger partial charge in [-0.25, -0.2) is 4.68 Å². The predicted octanol–water partition coefficient (Wildman–Crippen LogP) is 6.04. The molecule has 0 fully saturated rings. The molecule has 0 aliphatic heterocycles. The highest BCUT2D eigenvalue weighted by atomic mass is 79.9. The molecule has 4 rings (SSSR count). The number of amides is 3. The molecule has 0 aliphatic carbocycles. The van der Waals surface area contributed by atoms with Crippen LogP contribution in [0.3, 0.4) is 0 Å². The Bertz CT molecular complexity index is 1490. The van der Waals surface area contributed by atoms with Crippen LogP contribution in [0.1, 0.15) is 16.1 Å². The zero-order valence-electron chi connectivity index (χ0n) is 18.0. The quantitative estimate of drug-likeness (QED) is 0.258. The Morgan fingerprint density at radius 1 is 0.833 bits per heavy atom. The first-order valence-electron chi connectivity index (χ1n) is 10.2. The van der Waals surface area contributed by atoms with Gasteiger partial charge in [0.05, 0.1) is 11.1 Å². The van der Waals surface area contributed by atoms with E-state index in [1.54, 1.807) is 36.4 Å². The lowest BCUT2D eigenvalue weighted by atomic mass is 10.2. The van der Waals surface area contributed by atoms with Crippen molar-refractivity contribution in [2.24, 2.45) is 0 Å². The summed E-state index contributed by atoms with van der Waals surface area (Å²) in [5.41, 5.74) is 1.94. The third kappa shape index (κ3) is 5.69. The summed E-state index contributed by atoms with van der Waals surface area (Å²) >= 11 is 9.36. The number of carbonyl (C=O) groups is 3. The molecule has 184 valence electrons. The summed E-state index contributed by atoms with van der Waals surface area (Å²) < 4.78 is 40.7. The average molecular weight is 580 g/mol. The Morgan fingerprint density at radius 3 is 2.25 bits per heavy atom. The molecule has 12 heteroatoms. The van der Waals surface area contributed by atoms with Gasteiger partial charge in [-0.05, 0) is 66.7 Å². The van der Waals surface area contributed by atoms with Crippen LogP contribution in [0.25, 0.3) is 10.9 Å². The van der Waals surface area contributed by atoms with Gasteiger partial charge in [0, 0.05) is 26.3 Å². The summed E-state index contributed by atoms with van der Waals surface area (Å²) in [5.74, 6) is -3.04. The first-order chi connectivity index (χ1) is 17.0. The molecule has 0 atom stereocenters. The minimum absolute atomic E-state index is 0.0181. The topological polar surface area (TPSA) is 92.2 Å². The van der Waals surface area contributed by atoms with Gasteiger partial charge in [-0.2, -0.15) is 13.2 Å². The normalized spacial score (nSPS) is 11.2. The molecule has 0 bridgehead atoms. The number of nitrogens with one attached hydrogen (secondary N) is 3. The van der Waals surface area contributed by atoms with Crippen LogP contribution in [0, 0.1) is 0 Å². The van der Waals surface area contributed by atoms with E-state index < -0.39 is 29.5 Å². The highest BCUT2D eigenvalue weighted by Gasteiger charge is 2.30. The van der Waals surface area contributed by atoms with E-state index in [0.717, 1.165) is 21.3 Å². The van der Waals surface area contributed by atoms with Gasteiger partial charge in [0.2, 0.25) is 0 Å². The van der Waals surface area contributed by atoms with E-state index in [4.69, 9.17) is 11.6 Å². The van der Waals surface area contributed by atoms with E-state index in [0.29, 0.717) is 27.7 Å². The number of alkyl halides is 3.